The zero-order chi connectivity index (χ0) is 21.6. The second-order valence-corrected chi connectivity index (χ2v) is 7.06. The molecule has 0 saturated carbocycles. The number of guanidine groups is 1. The number of ether oxygens (including phenoxy) is 3. The van der Waals surface area contributed by atoms with Gasteiger partial charge in [0, 0.05) is 45.9 Å². The summed E-state index contributed by atoms with van der Waals surface area (Å²) in [6.07, 6.45) is 0.859. The summed E-state index contributed by atoms with van der Waals surface area (Å²) < 4.78 is 16.4. The van der Waals surface area contributed by atoms with Gasteiger partial charge in [-0.1, -0.05) is 36.4 Å². The van der Waals surface area contributed by atoms with E-state index in [2.05, 4.69) is 54.8 Å². The molecule has 0 atom stereocenters. The number of benzene rings is 2. The van der Waals surface area contributed by atoms with Crippen molar-refractivity contribution in [3.8, 4) is 5.75 Å². The Kier molecular flexibility index (Phi) is 10.8. The summed E-state index contributed by atoms with van der Waals surface area (Å²) >= 11 is 0. The maximum atomic E-state index is 5.98. The molecule has 0 saturated heterocycles. The highest BCUT2D eigenvalue weighted by Crippen LogP contribution is 2.21. The summed E-state index contributed by atoms with van der Waals surface area (Å²) in [5.41, 5.74) is 4.61. The molecule has 2 aromatic carbocycles. The maximum Gasteiger partial charge on any atom is 0.191 e. The van der Waals surface area contributed by atoms with Crippen LogP contribution in [0.4, 0.5) is 0 Å². The molecule has 6 heteroatoms. The highest BCUT2D eigenvalue weighted by Gasteiger charge is 2.07. The second kappa shape index (κ2) is 13.6. The van der Waals surface area contributed by atoms with Crippen molar-refractivity contribution < 1.29 is 14.2 Å². The SMILES string of the molecule is CCNC(=NCc1ccc(C)cc1OCCCOC)NCc1ccccc1COC. The summed E-state index contributed by atoms with van der Waals surface area (Å²) in [5.74, 6) is 1.66. The zero-order valence-corrected chi connectivity index (χ0v) is 18.7. The number of hydrogen-bond donors (Lipinski definition) is 2. The van der Waals surface area contributed by atoms with Crippen molar-refractivity contribution in [2.75, 3.05) is 34.0 Å². The number of hydrogen-bond acceptors (Lipinski definition) is 4. The Bertz CT molecular complexity index is 793. The summed E-state index contributed by atoms with van der Waals surface area (Å²) in [5, 5.41) is 6.74. The van der Waals surface area contributed by atoms with Gasteiger partial charge < -0.3 is 24.8 Å². The fourth-order valence-electron chi connectivity index (χ4n) is 3.02. The Balaban J connectivity index is 2.05. The second-order valence-electron chi connectivity index (χ2n) is 7.06. The van der Waals surface area contributed by atoms with Crippen LogP contribution in [-0.4, -0.2) is 39.9 Å². The molecule has 0 spiro atoms. The molecule has 0 bridgehead atoms. The van der Waals surface area contributed by atoms with E-state index in [1.54, 1.807) is 14.2 Å². The van der Waals surface area contributed by atoms with Crippen LogP contribution in [0, 0.1) is 6.92 Å². The minimum Gasteiger partial charge on any atom is -0.493 e. The lowest BCUT2D eigenvalue weighted by atomic mass is 10.1. The highest BCUT2D eigenvalue weighted by molar-refractivity contribution is 5.79. The molecule has 30 heavy (non-hydrogen) atoms. The van der Waals surface area contributed by atoms with Crippen LogP contribution in [-0.2, 0) is 29.2 Å². The number of aliphatic imine (C=N–C) groups is 1. The van der Waals surface area contributed by atoms with Crippen LogP contribution >= 0.6 is 0 Å². The first kappa shape index (κ1) is 23.7. The van der Waals surface area contributed by atoms with E-state index < -0.39 is 0 Å². The molecule has 0 radical (unpaired) electrons. The monoisotopic (exact) mass is 413 g/mol. The van der Waals surface area contributed by atoms with Gasteiger partial charge in [-0.05, 0) is 36.6 Å². The minimum absolute atomic E-state index is 0.537. The van der Waals surface area contributed by atoms with Gasteiger partial charge in [0.1, 0.15) is 5.75 Å². The molecule has 6 nitrogen and oxygen atoms in total. The van der Waals surface area contributed by atoms with E-state index in [0.29, 0.717) is 32.9 Å². The van der Waals surface area contributed by atoms with E-state index in [1.807, 2.05) is 12.1 Å². The lowest BCUT2D eigenvalue weighted by Crippen LogP contribution is -2.37. The van der Waals surface area contributed by atoms with Crippen molar-refractivity contribution in [2.24, 2.45) is 4.99 Å². The smallest absolute Gasteiger partial charge is 0.191 e. The number of aryl methyl sites for hydroxylation is 1. The molecule has 0 unspecified atom stereocenters. The van der Waals surface area contributed by atoms with E-state index in [-0.39, 0.29) is 0 Å². The van der Waals surface area contributed by atoms with Crippen molar-refractivity contribution in [1.29, 1.82) is 0 Å². The van der Waals surface area contributed by atoms with Gasteiger partial charge in [0.25, 0.3) is 0 Å². The fourth-order valence-corrected chi connectivity index (χ4v) is 3.02. The minimum atomic E-state index is 0.537. The number of nitrogens with zero attached hydrogens (tertiary/aromatic N) is 1. The predicted octanol–water partition coefficient (Wildman–Crippen LogP) is 3.81. The van der Waals surface area contributed by atoms with Crippen molar-refractivity contribution in [3.63, 3.8) is 0 Å². The molecule has 0 fully saturated rings. The highest BCUT2D eigenvalue weighted by atomic mass is 16.5. The molecular weight excluding hydrogens is 378 g/mol. The standard InChI is InChI=1S/C24H35N3O3/c1-5-25-24(26-16-20-9-6-7-10-22(20)18-29-4)27-17-21-12-11-19(2)15-23(21)30-14-8-13-28-3/h6-7,9-12,15H,5,8,13-14,16-18H2,1-4H3,(H2,25,26,27). The van der Waals surface area contributed by atoms with Gasteiger partial charge in [-0.25, -0.2) is 4.99 Å². The predicted molar refractivity (Wildman–Crippen MR) is 122 cm³/mol. The zero-order valence-electron chi connectivity index (χ0n) is 18.7. The van der Waals surface area contributed by atoms with Gasteiger partial charge in [0.15, 0.2) is 5.96 Å². The summed E-state index contributed by atoms with van der Waals surface area (Å²) in [7, 11) is 3.42. The molecule has 164 valence electrons. The first-order valence-electron chi connectivity index (χ1n) is 10.5. The number of methoxy groups -OCH3 is 2. The van der Waals surface area contributed by atoms with Gasteiger partial charge in [0.2, 0.25) is 0 Å². The number of rotatable bonds is 12. The average Bonchev–Trinajstić information content (AvgIpc) is 2.75. The molecular formula is C24H35N3O3. The van der Waals surface area contributed by atoms with Crippen LogP contribution < -0.4 is 15.4 Å². The van der Waals surface area contributed by atoms with Crippen LogP contribution in [0.5, 0.6) is 5.75 Å². The Hall–Kier alpha value is -2.57. The first-order chi connectivity index (χ1) is 14.7. The lowest BCUT2D eigenvalue weighted by Gasteiger charge is -2.15. The van der Waals surface area contributed by atoms with E-state index in [9.17, 15) is 0 Å². The summed E-state index contributed by atoms with van der Waals surface area (Å²) in [4.78, 5) is 4.77. The van der Waals surface area contributed by atoms with Crippen LogP contribution in [0.2, 0.25) is 0 Å². The van der Waals surface area contributed by atoms with Gasteiger partial charge in [0.05, 0.1) is 19.8 Å². The largest absolute Gasteiger partial charge is 0.493 e. The Morgan fingerprint density at radius 2 is 1.73 bits per heavy atom. The molecule has 2 rings (SSSR count). The Morgan fingerprint density at radius 1 is 0.933 bits per heavy atom. The van der Waals surface area contributed by atoms with Gasteiger partial charge >= 0.3 is 0 Å². The Morgan fingerprint density at radius 3 is 2.47 bits per heavy atom. The van der Waals surface area contributed by atoms with Crippen molar-refractivity contribution in [3.05, 3.63) is 64.7 Å². The fraction of sp³-hybridized carbons (Fsp3) is 0.458. The molecule has 0 aliphatic rings. The molecule has 0 aliphatic heterocycles. The third-order valence-electron chi connectivity index (χ3n) is 4.59. The van der Waals surface area contributed by atoms with Crippen LogP contribution in [0.1, 0.15) is 35.6 Å². The van der Waals surface area contributed by atoms with Crippen molar-refractivity contribution in [1.82, 2.24) is 10.6 Å². The van der Waals surface area contributed by atoms with E-state index in [1.165, 1.54) is 16.7 Å². The van der Waals surface area contributed by atoms with E-state index >= 15 is 0 Å². The quantitative estimate of drug-likeness (QED) is 0.315. The maximum absolute atomic E-state index is 5.98. The molecule has 0 aliphatic carbocycles. The van der Waals surface area contributed by atoms with Crippen LogP contribution in [0.15, 0.2) is 47.5 Å². The van der Waals surface area contributed by atoms with E-state index in [0.717, 1.165) is 30.2 Å². The molecule has 0 amide bonds. The summed E-state index contributed by atoms with van der Waals surface area (Å²) in [6.45, 7) is 8.05. The molecule has 0 heterocycles. The molecule has 0 aromatic heterocycles. The first-order valence-corrected chi connectivity index (χ1v) is 10.5. The van der Waals surface area contributed by atoms with Crippen molar-refractivity contribution >= 4 is 5.96 Å². The van der Waals surface area contributed by atoms with Gasteiger partial charge in [-0.2, -0.15) is 0 Å². The molecule has 2 N–H and O–H groups in total. The Labute approximate surface area is 180 Å². The lowest BCUT2D eigenvalue weighted by molar-refractivity contribution is 0.172. The van der Waals surface area contributed by atoms with Crippen LogP contribution in [0.3, 0.4) is 0 Å². The molecule has 2 aromatic rings. The summed E-state index contributed by atoms with van der Waals surface area (Å²) in [6, 6.07) is 14.5. The third-order valence-corrected chi connectivity index (χ3v) is 4.59. The number of nitrogens with one attached hydrogen (secondary N) is 2. The van der Waals surface area contributed by atoms with Gasteiger partial charge in [-0.15, -0.1) is 0 Å². The van der Waals surface area contributed by atoms with E-state index in [4.69, 9.17) is 19.2 Å². The van der Waals surface area contributed by atoms with Crippen LogP contribution in [0.25, 0.3) is 0 Å². The normalized spacial score (nSPS) is 11.4. The van der Waals surface area contributed by atoms with Crippen molar-refractivity contribution in [2.45, 2.75) is 40.0 Å². The third kappa shape index (κ3) is 8.05. The topological polar surface area (TPSA) is 64.1 Å². The van der Waals surface area contributed by atoms with Gasteiger partial charge in [-0.3, -0.25) is 0 Å². The average molecular weight is 414 g/mol.